The monoisotopic (exact) mass is 492 g/mol. The fourth-order valence-electron chi connectivity index (χ4n) is 3.44. The van der Waals surface area contributed by atoms with Gasteiger partial charge in [-0.3, -0.25) is 14.4 Å². The SMILES string of the molecule is CCCC(=O)Nc1ccc(Cl)c(NC(=O)CNc2cccc(C(=O)N(C)Cc3ccccc3)c2)c1. The summed E-state index contributed by atoms with van der Waals surface area (Å²) in [5.74, 6) is -0.532. The van der Waals surface area contributed by atoms with Gasteiger partial charge in [0.1, 0.15) is 0 Å². The lowest BCUT2D eigenvalue weighted by Gasteiger charge is -2.18. The molecule has 0 fully saturated rings. The average molecular weight is 493 g/mol. The maximum absolute atomic E-state index is 12.8. The van der Waals surface area contributed by atoms with Crippen molar-refractivity contribution in [3.8, 4) is 0 Å². The molecule has 8 heteroatoms. The Bertz CT molecular complexity index is 1180. The Kier molecular flexibility index (Phi) is 9.26. The van der Waals surface area contributed by atoms with Crippen LogP contribution in [0.4, 0.5) is 17.1 Å². The Hall–Kier alpha value is -3.84. The maximum atomic E-state index is 12.8. The van der Waals surface area contributed by atoms with Crippen LogP contribution in [-0.4, -0.2) is 36.2 Å². The van der Waals surface area contributed by atoms with E-state index in [4.69, 9.17) is 11.6 Å². The van der Waals surface area contributed by atoms with Gasteiger partial charge in [-0.15, -0.1) is 0 Å². The average Bonchev–Trinajstić information content (AvgIpc) is 2.85. The number of nitrogens with one attached hydrogen (secondary N) is 3. The van der Waals surface area contributed by atoms with Crippen molar-refractivity contribution in [2.24, 2.45) is 0 Å². The van der Waals surface area contributed by atoms with E-state index in [2.05, 4.69) is 16.0 Å². The summed E-state index contributed by atoms with van der Waals surface area (Å²) in [6, 6.07) is 21.7. The maximum Gasteiger partial charge on any atom is 0.253 e. The highest BCUT2D eigenvalue weighted by Gasteiger charge is 2.13. The van der Waals surface area contributed by atoms with Crippen molar-refractivity contribution < 1.29 is 14.4 Å². The second-order valence-corrected chi connectivity index (χ2v) is 8.53. The highest BCUT2D eigenvalue weighted by atomic mass is 35.5. The zero-order valence-electron chi connectivity index (χ0n) is 19.8. The van der Waals surface area contributed by atoms with Crippen LogP contribution < -0.4 is 16.0 Å². The molecule has 3 aromatic rings. The van der Waals surface area contributed by atoms with Gasteiger partial charge in [0, 0.05) is 37.0 Å². The summed E-state index contributed by atoms with van der Waals surface area (Å²) < 4.78 is 0. The number of hydrogen-bond donors (Lipinski definition) is 3. The minimum atomic E-state index is -0.318. The van der Waals surface area contributed by atoms with Gasteiger partial charge in [0.15, 0.2) is 0 Å². The first kappa shape index (κ1) is 25.8. The van der Waals surface area contributed by atoms with Crippen LogP contribution in [0.5, 0.6) is 0 Å². The van der Waals surface area contributed by atoms with Gasteiger partial charge < -0.3 is 20.9 Å². The van der Waals surface area contributed by atoms with Crippen molar-refractivity contribution >= 4 is 46.4 Å². The first-order valence-electron chi connectivity index (χ1n) is 11.4. The molecule has 3 rings (SSSR count). The third-order valence-electron chi connectivity index (χ3n) is 5.17. The van der Waals surface area contributed by atoms with Crippen molar-refractivity contribution in [2.45, 2.75) is 26.3 Å². The Morgan fingerprint density at radius 2 is 1.63 bits per heavy atom. The van der Waals surface area contributed by atoms with Crippen molar-refractivity contribution in [2.75, 3.05) is 29.5 Å². The van der Waals surface area contributed by atoms with Crippen LogP contribution in [0.2, 0.25) is 5.02 Å². The summed E-state index contributed by atoms with van der Waals surface area (Å²) in [5.41, 5.74) is 3.17. The number of carbonyl (C=O) groups is 3. The first-order chi connectivity index (χ1) is 16.9. The lowest BCUT2D eigenvalue weighted by molar-refractivity contribution is -0.116. The van der Waals surface area contributed by atoms with Gasteiger partial charge >= 0.3 is 0 Å². The molecule has 0 aromatic heterocycles. The second-order valence-electron chi connectivity index (χ2n) is 8.12. The molecule has 0 saturated heterocycles. The molecule has 0 unspecified atom stereocenters. The number of halogens is 1. The van der Waals surface area contributed by atoms with E-state index in [1.165, 1.54) is 0 Å². The largest absolute Gasteiger partial charge is 0.376 e. The van der Waals surface area contributed by atoms with E-state index in [1.54, 1.807) is 54.4 Å². The third kappa shape index (κ3) is 7.86. The molecule has 0 spiro atoms. The molecule has 3 N–H and O–H groups in total. The topological polar surface area (TPSA) is 90.5 Å². The number of amides is 3. The molecular formula is C27H29ClN4O3. The predicted molar refractivity (Wildman–Crippen MR) is 141 cm³/mol. The fraction of sp³-hybridized carbons (Fsp3) is 0.222. The van der Waals surface area contributed by atoms with Gasteiger partial charge in [-0.05, 0) is 48.4 Å². The molecular weight excluding hydrogens is 464 g/mol. The highest BCUT2D eigenvalue weighted by Crippen LogP contribution is 2.26. The van der Waals surface area contributed by atoms with E-state index >= 15 is 0 Å². The molecule has 0 heterocycles. The van der Waals surface area contributed by atoms with Crippen molar-refractivity contribution in [3.05, 3.63) is 88.9 Å². The smallest absolute Gasteiger partial charge is 0.253 e. The molecule has 35 heavy (non-hydrogen) atoms. The van der Waals surface area contributed by atoms with Crippen LogP contribution in [0.15, 0.2) is 72.8 Å². The van der Waals surface area contributed by atoms with Crippen LogP contribution in [-0.2, 0) is 16.1 Å². The Balaban J connectivity index is 1.57. The lowest BCUT2D eigenvalue weighted by Crippen LogP contribution is -2.26. The Morgan fingerprint density at radius 3 is 2.37 bits per heavy atom. The number of rotatable bonds is 10. The second kappa shape index (κ2) is 12.6. The molecule has 0 aliphatic rings. The summed E-state index contributed by atoms with van der Waals surface area (Å²) in [6.07, 6.45) is 1.16. The molecule has 0 bridgehead atoms. The van der Waals surface area contributed by atoms with Crippen LogP contribution >= 0.6 is 11.6 Å². The first-order valence-corrected chi connectivity index (χ1v) is 11.8. The van der Waals surface area contributed by atoms with E-state index in [9.17, 15) is 14.4 Å². The number of hydrogen-bond acceptors (Lipinski definition) is 4. The van der Waals surface area contributed by atoms with Crippen molar-refractivity contribution in [1.82, 2.24) is 4.90 Å². The van der Waals surface area contributed by atoms with Gasteiger partial charge in [-0.1, -0.05) is 54.9 Å². The quantitative estimate of drug-likeness (QED) is 0.353. The fourth-order valence-corrected chi connectivity index (χ4v) is 3.60. The number of anilines is 3. The van der Waals surface area contributed by atoms with E-state index in [0.717, 1.165) is 12.0 Å². The summed E-state index contributed by atoms with van der Waals surface area (Å²) in [5, 5.41) is 8.93. The van der Waals surface area contributed by atoms with E-state index in [-0.39, 0.29) is 24.3 Å². The van der Waals surface area contributed by atoms with Gasteiger partial charge in [-0.25, -0.2) is 0 Å². The van der Waals surface area contributed by atoms with Crippen molar-refractivity contribution in [1.29, 1.82) is 0 Å². The Labute approximate surface area is 210 Å². The summed E-state index contributed by atoms with van der Waals surface area (Å²) >= 11 is 6.21. The summed E-state index contributed by atoms with van der Waals surface area (Å²) in [6.45, 7) is 2.40. The van der Waals surface area contributed by atoms with E-state index < -0.39 is 0 Å². The highest BCUT2D eigenvalue weighted by molar-refractivity contribution is 6.34. The van der Waals surface area contributed by atoms with Gasteiger partial charge in [-0.2, -0.15) is 0 Å². The number of benzene rings is 3. The lowest BCUT2D eigenvalue weighted by atomic mass is 10.1. The molecule has 0 aliphatic carbocycles. The minimum absolute atomic E-state index is 0.0275. The molecule has 7 nitrogen and oxygen atoms in total. The van der Waals surface area contributed by atoms with E-state index in [1.807, 2.05) is 37.3 Å². The number of nitrogens with zero attached hydrogens (tertiary/aromatic N) is 1. The van der Waals surface area contributed by atoms with E-state index in [0.29, 0.717) is 40.6 Å². The summed E-state index contributed by atoms with van der Waals surface area (Å²) in [7, 11) is 1.76. The molecule has 0 aliphatic heterocycles. The number of carbonyl (C=O) groups excluding carboxylic acids is 3. The molecule has 0 radical (unpaired) electrons. The van der Waals surface area contributed by atoms with Crippen LogP contribution in [0.3, 0.4) is 0 Å². The zero-order chi connectivity index (χ0) is 25.2. The van der Waals surface area contributed by atoms with Crippen LogP contribution in [0.1, 0.15) is 35.7 Å². The molecule has 3 aromatic carbocycles. The van der Waals surface area contributed by atoms with Gasteiger partial charge in [0.25, 0.3) is 5.91 Å². The van der Waals surface area contributed by atoms with Crippen LogP contribution in [0.25, 0.3) is 0 Å². The minimum Gasteiger partial charge on any atom is -0.376 e. The molecule has 0 saturated carbocycles. The Morgan fingerprint density at radius 1 is 0.857 bits per heavy atom. The molecule has 182 valence electrons. The van der Waals surface area contributed by atoms with Crippen LogP contribution in [0, 0.1) is 0 Å². The van der Waals surface area contributed by atoms with Gasteiger partial charge in [0.2, 0.25) is 11.8 Å². The van der Waals surface area contributed by atoms with Crippen molar-refractivity contribution in [3.63, 3.8) is 0 Å². The van der Waals surface area contributed by atoms with Gasteiger partial charge in [0.05, 0.1) is 17.3 Å². The molecule has 3 amide bonds. The normalized spacial score (nSPS) is 10.4. The zero-order valence-corrected chi connectivity index (χ0v) is 20.6. The molecule has 0 atom stereocenters. The predicted octanol–water partition coefficient (Wildman–Crippen LogP) is 5.40. The standard InChI is InChI=1S/C27H29ClN4O3/c1-3-8-25(33)30-22-13-14-23(28)24(16-22)31-26(34)17-29-21-12-7-11-20(15-21)27(35)32(2)18-19-9-5-4-6-10-19/h4-7,9-16,29H,3,8,17-18H2,1-2H3,(H,30,33)(H,31,34). The summed E-state index contributed by atoms with van der Waals surface area (Å²) in [4.78, 5) is 38.8. The third-order valence-corrected chi connectivity index (χ3v) is 5.50.